The Hall–Kier alpha value is -3.63. The highest BCUT2D eigenvalue weighted by Crippen LogP contribution is 2.29. The number of nitrogens with zero attached hydrogens (tertiary/aromatic N) is 5. The van der Waals surface area contributed by atoms with E-state index in [1.165, 1.54) is 11.8 Å². The van der Waals surface area contributed by atoms with Crippen molar-refractivity contribution in [2.45, 2.75) is 31.5 Å². The summed E-state index contributed by atoms with van der Waals surface area (Å²) in [6.45, 7) is 5.65. The first-order valence-electron chi connectivity index (χ1n) is 12.8. The summed E-state index contributed by atoms with van der Waals surface area (Å²) in [5, 5.41) is 11.6. The molecule has 0 radical (unpaired) electrons. The first kappa shape index (κ1) is 27.0. The molecule has 0 aliphatic carbocycles. The lowest BCUT2D eigenvalue weighted by Crippen LogP contribution is -2.56. The van der Waals surface area contributed by atoms with Crippen molar-refractivity contribution in [3.05, 3.63) is 76.5 Å². The summed E-state index contributed by atoms with van der Waals surface area (Å²) < 4.78 is 7.31. The van der Waals surface area contributed by atoms with Crippen molar-refractivity contribution in [3.63, 3.8) is 0 Å². The number of amides is 2. The molecule has 0 saturated carbocycles. The number of thioether (sulfide) groups is 1. The van der Waals surface area contributed by atoms with Gasteiger partial charge in [-0.2, -0.15) is 0 Å². The van der Waals surface area contributed by atoms with Gasteiger partial charge in [-0.15, -0.1) is 21.5 Å². The Bertz CT molecular complexity index is 1420. The number of methoxy groups -OCH3 is 1. The molecule has 8 nitrogen and oxygen atoms in total. The molecular weight excluding hydrogens is 530 g/mol. The van der Waals surface area contributed by atoms with Gasteiger partial charge in [-0.25, -0.2) is 0 Å². The van der Waals surface area contributed by atoms with Crippen LogP contribution in [-0.2, 0) is 16.0 Å². The van der Waals surface area contributed by atoms with Crippen LogP contribution in [0.2, 0.25) is 0 Å². The van der Waals surface area contributed by atoms with E-state index in [4.69, 9.17) is 4.74 Å². The van der Waals surface area contributed by atoms with E-state index in [2.05, 4.69) is 10.2 Å². The number of hydrogen-bond donors (Lipinski definition) is 0. The molecule has 1 aliphatic rings. The zero-order valence-corrected chi connectivity index (χ0v) is 23.9. The second-order valence-electron chi connectivity index (χ2n) is 9.53. The molecule has 0 bridgehead atoms. The normalized spacial score (nSPS) is 15.4. The highest BCUT2D eigenvalue weighted by molar-refractivity contribution is 7.99. The molecule has 202 valence electrons. The minimum absolute atomic E-state index is 0.0263. The van der Waals surface area contributed by atoms with Crippen LogP contribution in [0.5, 0.6) is 5.75 Å². The third-order valence-corrected chi connectivity index (χ3v) is 8.59. The van der Waals surface area contributed by atoms with Gasteiger partial charge in [0.15, 0.2) is 11.0 Å². The fraction of sp³-hybridized carbons (Fsp3) is 0.310. The lowest BCUT2D eigenvalue weighted by Gasteiger charge is -2.40. The first-order chi connectivity index (χ1) is 18.9. The van der Waals surface area contributed by atoms with E-state index < -0.39 is 0 Å². The highest BCUT2D eigenvalue weighted by Gasteiger charge is 2.30. The maximum atomic E-state index is 13.2. The van der Waals surface area contributed by atoms with Crippen molar-refractivity contribution in [2.24, 2.45) is 0 Å². The largest absolute Gasteiger partial charge is 0.497 e. The van der Waals surface area contributed by atoms with E-state index in [1.54, 1.807) is 18.4 Å². The number of piperazine rings is 1. The predicted molar refractivity (Wildman–Crippen MR) is 155 cm³/mol. The number of ether oxygens (including phenoxy) is 1. The number of rotatable bonds is 8. The summed E-state index contributed by atoms with van der Waals surface area (Å²) >= 11 is 2.97. The van der Waals surface area contributed by atoms with Crippen molar-refractivity contribution in [1.82, 2.24) is 24.6 Å². The van der Waals surface area contributed by atoms with E-state index >= 15 is 0 Å². The topological polar surface area (TPSA) is 80.6 Å². The zero-order chi connectivity index (χ0) is 27.4. The van der Waals surface area contributed by atoms with Crippen LogP contribution in [0.3, 0.4) is 0 Å². The number of aromatic nitrogens is 3. The van der Waals surface area contributed by atoms with Gasteiger partial charge >= 0.3 is 0 Å². The van der Waals surface area contributed by atoms with Gasteiger partial charge in [-0.1, -0.05) is 47.7 Å². The molecule has 39 heavy (non-hydrogen) atoms. The van der Waals surface area contributed by atoms with Crippen LogP contribution in [0.4, 0.5) is 0 Å². The van der Waals surface area contributed by atoms with Crippen molar-refractivity contribution in [3.8, 4) is 22.8 Å². The highest BCUT2D eigenvalue weighted by atomic mass is 32.2. The molecule has 1 aliphatic heterocycles. The average Bonchev–Trinajstić information content (AvgIpc) is 3.62. The average molecular weight is 562 g/mol. The van der Waals surface area contributed by atoms with Crippen molar-refractivity contribution in [2.75, 3.05) is 32.5 Å². The van der Waals surface area contributed by atoms with E-state index in [1.807, 2.05) is 94.3 Å². The molecule has 1 saturated heterocycles. The predicted octanol–water partition coefficient (Wildman–Crippen LogP) is 4.71. The Morgan fingerprint density at radius 3 is 2.46 bits per heavy atom. The quantitative estimate of drug-likeness (QED) is 0.290. The molecule has 3 heterocycles. The lowest BCUT2D eigenvalue weighted by molar-refractivity contribution is -0.140. The Balaban J connectivity index is 1.28. The van der Waals surface area contributed by atoms with Gasteiger partial charge in [0.2, 0.25) is 11.8 Å². The second kappa shape index (κ2) is 12.0. The Labute approximate surface area is 236 Å². The third kappa shape index (κ3) is 6.17. The molecule has 2 aromatic heterocycles. The molecule has 10 heteroatoms. The van der Waals surface area contributed by atoms with E-state index in [0.29, 0.717) is 37.0 Å². The van der Waals surface area contributed by atoms with Crippen LogP contribution in [0.15, 0.2) is 71.2 Å². The first-order valence-corrected chi connectivity index (χ1v) is 14.7. The summed E-state index contributed by atoms with van der Waals surface area (Å²) in [5.74, 6) is 1.84. The Morgan fingerprint density at radius 1 is 1.03 bits per heavy atom. The number of carbonyl (C=O) groups is 2. The number of aryl methyl sites for hydroxylation is 1. The molecule has 1 unspecified atom stereocenters. The van der Waals surface area contributed by atoms with Gasteiger partial charge in [-0.05, 0) is 49.6 Å². The maximum Gasteiger partial charge on any atom is 0.233 e. The molecule has 5 rings (SSSR count). The summed E-state index contributed by atoms with van der Waals surface area (Å²) in [6, 6.07) is 19.8. The fourth-order valence-corrected chi connectivity index (χ4v) is 6.20. The third-order valence-electron chi connectivity index (χ3n) is 6.80. The van der Waals surface area contributed by atoms with Crippen molar-refractivity contribution >= 4 is 34.9 Å². The molecule has 2 aromatic carbocycles. The maximum absolute atomic E-state index is 13.2. The van der Waals surface area contributed by atoms with Crippen molar-refractivity contribution in [1.29, 1.82) is 0 Å². The van der Waals surface area contributed by atoms with Gasteiger partial charge < -0.3 is 14.5 Å². The van der Waals surface area contributed by atoms with Gasteiger partial charge in [0, 0.05) is 41.8 Å². The summed E-state index contributed by atoms with van der Waals surface area (Å²) in [4.78, 5) is 30.8. The van der Waals surface area contributed by atoms with Gasteiger partial charge in [0.25, 0.3) is 0 Å². The Morgan fingerprint density at radius 2 is 1.79 bits per heavy atom. The standard InChI is InChI=1S/C29H31N5O3S2/c1-20-6-8-22(9-7-20)28-30-31-29(34(28)23-10-12-24(37-3)13-11-23)39-19-27(36)32-14-15-33(21(2)18-32)26(35)17-25-5-4-16-38-25/h4-13,16,21H,14-15,17-19H2,1-3H3. The fourth-order valence-electron chi connectivity index (χ4n) is 4.65. The zero-order valence-electron chi connectivity index (χ0n) is 22.2. The van der Waals surface area contributed by atoms with E-state index in [0.717, 1.165) is 27.4 Å². The molecule has 1 atom stereocenters. The molecule has 2 amide bonds. The molecule has 0 N–H and O–H groups in total. The lowest BCUT2D eigenvalue weighted by atomic mass is 10.1. The van der Waals surface area contributed by atoms with Crippen LogP contribution < -0.4 is 4.74 Å². The molecular formula is C29H31N5O3S2. The van der Waals surface area contributed by atoms with E-state index in [9.17, 15) is 9.59 Å². The molecule has 4 aromatic rings. The molecule has 0 spiro atoms. The smallest absolute Gasteiger partial charge is 0.233 e. The van der Waals surface area contributed by atoms with E-state index in [-0.39, 0.29) is 23.6 Å². The van der Waals surface area contributed by atoms with Crippen LogP contribution in [0.1, 0.15) is 17.4 Å². The Kier molecular flexibility index (Phi) is 8.33. The number of hydrogen-bond acceptors (Lipinski definition) is 7. The van der Waals surface area contributed by atoms with Crippen LogP contribution in [-0.4, -0.2) is 74.9 Å². The number of benzene rings is 2. The van der Waals surface area contributed by atoms with Crippen LogP contribution >= 0.6 is 23.1 Å². The summed E-state index contributed by atoms with van der Waals surface area (Å²) in [7, 11) is 1.64. The van der Waals surface area contributed by atoms with Gasteiger partial charge in [-0.3, -0.25) is 14.2 Å². The number of thiophene rings is 1. The monoisotopic (exact) mass is 561 g/mol. The van der Waals surface area contributed by atoms with Gasteiger partial charge in [0.05, 0.1) is 19.3 Å². The number of carbonyl (C=O) groups excluding carboxylic acids is 2. The minimum atomic E-state index is -0.0312. The molecule has 1 fully saturated rings. The summed E-state index contributed by atoms with van der Waals surface area (Å²) in [6.07, 6.45) is 0.413. The van der Waals surface area contributed by atoms with Crippen LogP contribution in [0.25, 0.3) is 17.1 Å². The summed E-state index contributed by atoms with van der Waals surface area (Å²) in [5.41, 5.74) is 2.99. The SMILES string of the molecule is COc1ccc(-n2c(SCC(=O)N3CCN(C(=O)Cc4cccs4)C(C)C3)nnc2-c2ccc(C)cc2)cc1. The van der Waals surface area contributed by atoms with Gasteiger partial charge in [0.1, 0.15) is 5.75 Å². The van der Waals surface area contributed by atoms with Crippen LogP contribution in [0, 0.1) is 6.92 Å². The second-order valence-corrected chi connectivity index (χ2v) is 11.5. The van der Waals surface area contributed by atoms with Crippen molar-refractivity contribution < 1.29 is 14.3 Å². The minimum Gasteiger partial charge on any atom is -0.497 e.